The summed E-state index contributed by atoms with van der Waals surface area (Å²) in [6.45, 7) is 3.47. The number of aromatic nitrogens is 3. The zero-order valence-electron chi connectivity index (χ0n) is 15.9. The number of anilines is 2. The molecule has 1 unspecified atom stereocenters. The van der Waals surface area contributed by atoms with Crippen molar-refractivity contribution in [2.45, 2.75) is 19.8 Å². The molecule has 3 aromatic rings. The van der Waals surface area contributed by atoms with Gasteiger partial charge in [0.15, 0.2) is 0 Å². The van der Waals surface area contributed by atoms with Crippen molar-refractivity contribution in [3.63, 3.8) is 0 Å². The van der Waals surface area contributed by atoms with Gasteiger partial charge in [0.05, 0.1) is 11.6 Å². The first-order valence-electron chi connectivity index (χ1n) is 9.55. The third kappa shape index (κ3) is 4.01. The van der Waals surface area contributed by atoms with Crippen molar-refractivity contribution < 1.29 is 4.79 Å². The van der Waals surface area contributed by atoms with Gasteiger partial charge in [0.25, 0.3) is 0 Å². The Morgan fingerprint density at radius 2 is 1.96 bits per heavy atom. The van der Waals surface area contributed by atoms with E-state index in [1.54, 1.807) is 12.5 Å². The molecule has 3 heterocycles. The maximum atomic E-state index is 12.8. The number of nitrogens with one attached hydrogen (secondary N) is 1. The summed E-state index contributed by atoms with van der Waals surface area (Å²) in [6.07, 6.45) is 5.11. The second-order valence-corrected chi connectivity index (χ2v) is 7.07. The molecule has 0 saturated carbocycles. The number of hydrogen-bond acceptors (Lipinski definition) is 5. The molecule has 6 heteroatoms. The topological polar surface area (TPSA) is 71.0 Å². The molecule has 1 aliphatic rings. The third-order valence-corrected chi connectivity index (χ3v) is 5.09. The summed E-state index contributed by atoms with van der Waals surface area (Å²) < 4.78 is 0. The number of carbonyl (C=O) groups excluding carboxylic acids is 1. The van der Waals surface area contributed by atoms with E-state index in [0.29, 0.717) is 12.4 Å². The summed E-state index contributed by atoms with van der Waals surface area (Å²) in [6, 6.07) is 15.9. The maximum Gasteiger partial charge on any atom is 0.230 e. The molecule has 28 heavy (non-hydrogen) atoms. The number of amides is 1. The monoisotopic (exact) mass is 373 g/mol. The molecule has 1 N–H and O–H groups in total. The number of piperidine rings is 1. The van der Waals surface area contributed by atoms with E-state index in [0.717, 1.165) is 42.0 Å². The minimum atomic E-state index is -0.0923. The van der Waals surface area contributed by atoms with Crippen LogP contribution in [0.4, 0.5) is 11.6 Å². The van der Waals surface area contributed by atoms with Crippen molar-refractivity contribution in [2.24, 2.45) is 5.92 Å². The van der Waals surface area contributed by atoms with Crippen LogP contribution in [0.3, 0.4) is 0 Å². The fourth-order valence-electron chi connectivity index (χ4n) is 3.52. The van der Waals surface area contributed by atoms with Crippen molar-refractivity contribution in [1.82, 2.24) is 15.0 Å². The second kappa shape index (κ2) is 8.17. The molecule has 0 spiro atoms. The van der Waals surface area contributed by atoms with Crippen molar-refractivity contribution >= 4 is 17.5 Å². The van der Waals surface area contributed by atoms with Crippen LogP contribution in [-0.2, 0) is 4.79 Å². The van der Waals surface area contributed by atoms with Crippen molar-refractivity contribution in [1.29, 1.82) is 0 Å². The molecule has 6 nitrogen and oxygen atoms in total. The average Bonchev–Trinajstić information content (AvgIpc) is 2.76. The molecule has 0 bridgehead atoms. The minimum Gasteiger partial charge on any atom is -0.356 e. The van der Waals surface area contributed by atoms with Crippen LogP contribution in [0.1, 0.15) is 18.4 Å². The first-order chi connectivity index (χ1) is 13.7. The summed E-state index contributed by atoms with van der Waals surface area (Å²) in [5.41, 5.74) is 2.91. The number of rotatable bonds is 4. The summed E-state index contributed by atoms with van der Waals surface area (Å²) in [4.78, 5) is 28.1. The minimum absolute atomic E-state index is 0.0174. The van der Waals surface area contributed by atoms with E-state index >= 15 is 0 Å². The Hall–Kier alpha value is -3.28. The molecular weight excluding hydrogens is 350 g/mol. The number of pyridine rings is 1. The van der Waals surface area contributed by atoms with Crippen molar-refractivity contribution in [2.75, 3.05) is 23.3 Å². The number of nitrogens with zero attached hydrogens (tertiary/aromatic N) is 4. The average molecular weight is 373 g/mol. The Balaban J connectivity index is 1.48. The Morgan fingerprint density at radius 3 is 2.79 bits per heavy atom. The highest BCUT2D eigenvalue weighted by Gasteiger charge is 2.27. The molecular formula is C22H23N5O. The lowest BCUT2D eigenvalue weighted by Crippen LogP contribution is -2.41. The fraction of sp³-hybridized carbons (Fsp3) is 0.273. The molecule has 2 aromatic heterocycles. The number of benzene rings is 1. The smallest absolute Gasteiger partial charge is 0.230 e. The Morgan fingerprint density at radius 1 is 1.11 bits per heavy atom. The highest BCUT2D eigenvalue weighted by molar-refractivity contribution is 5.92. The van der Waals surface area contributed by atoms with E-state index in [1.165, 1.54) is 0 Å². The van der Waals surface area contributed by atoms with Gasteiger partial charge in [-0.25, -0.2) is 15.0 Å². The van der Waals surface area contributed by atoms with Crippen LogP contribution in [0, 0.1) is 12.8 Å². The molecule has 0 aliphatic carbocycles. The lowest BCUT2D eigenvalue weighted by atomic mass is 9.97. The Bertz CT molecular complexity index is 960. The maximum absolute atomic E-state index is 12.8. The standard InChI is InChI=1S/C22H23N5O/c1-16-7-5-11-23-21(16)26-22(28)18-10-6-12-27(14-18)20-13-19(24-15-25-20)17-8-3-2-4-9-17/h2-5,7-9,11,13,15,18H,6,10,12,14H2,1H3,(H,23,26,28). The quantitative estimate of drug-likeness (QED) is 0.755. The molecule has 1 amide bonds. The van der Waals surface area contributed by atoms with Crippen LogP contribution in [0.5, 0.6) is 0 Å². The second-order valence-electron chi connectivity index (χ2n) is 7.07. The van der Waals surface area contributed by atoms with Gasteiger partial charge < -0.3 is 10.2 Å². The van der Waals surface area contributed by atoms with Gasteiger partial charge in [0.1, 0.15) is 18.0 Å². The molecule has 1 aromatic carbocycles. The van der Waals surface area contributed by atoms with Gasteiger partial charge in [0, 0.05) is 30.9 Å². The molecule has 1 atom stereocenters. The summed E-state index contributed by atoms with van der Waals surface area (Å²) in [5.74, 6) is 1.42. The molecule has 1 aliphatic heterocycles. The highest BCUT2D eigenvalue weighted by atomic mass is 16.2. The lowest BCUT2D eigenvalue weighted by molar-refractivity contribution is -0.120. The lowest BCUT2D eigenvalue weighted by Gasteiger charge is -2.33. The Kier molecular flexibility index (Phi) is 5.28. The normalized spacial score (nSPS) is 16.6. The zero-order valence-corrected chi connectivity index (χ0v) is 15.9. The van der Waals surface area contributed by atoms with Crippen molar-refractivity contribution in [3.8, 4) is 11.3 Å². The summed E-state index contributed by atoms with van der Waals surface area (Å²) in [7, 11) is 0. The number of carbonyl (C=O) groups is 1. The van der Waals surface area contributed by atoms with E-state index in [-0.39, 0.29) is 11.8 Å². The predicted octanol–water partition coefficient (Wildman–Crippen LogP) is 3.70. The van der Waals surface area contributed by atoms with E-state index in [4.69, 9.17) is 0 Å². The number of hydrogen-bond donors (Lipinski definition) is 1. The largest absolute Gasteiger partial charge is 0.356 e. The first kappa shape index (κ1) is 18.1. The molecule has 1 fully saturated rings. The molecule has 142 valence electrons. The van der Waals surface area contributed by atoms with Gasteiger partial charge in [0.2, 0.25) is 5.91 Å². The summed E-state index contributed by atoms with van der Waals surface area (Å²) in [5, 5.41) is 2.98. The molecule has 4 rings (SSSR count). The van der Waals surface area contributed by atoms with E-state index in [2.05, 4.69) is 25.2 Å². The van der Waals surface area contributed by atoms with Gasteiger partial charge >= 0.3 is 0 Å². The Labute approximate surface area is 164 Å². The van der Waals surface area contributed by atoms with Gasteiger partial charge in [-0.15, -0.1) is 0 Å². The first-order valence-corrected chi connectivity index (χ1v) is 9.55. The van der Waals surface area contributed by atoms with Gasteiger partial charge in [-0.3, -0.25) is 4.79 Å². The molecule has 0 radical (unpaired) electrons. The van der Waals surface area contributed by atoms with E-state index < -0.39 is 0 Å². The van der Waals surface area contributed by atoms with Gasteiger partial charge in [-0.2, -0.15) is 0 Å². The van der Waals surface area contributed by atoms with E-state index in [1.807, 2.05) is 55.5 Å². The predicted molar refractivity (Wildman–Crippen MR) is 110 cm³/mol. The van der Waals surface area contributed by atoms with Crippen LogP contribution in [0.25, 0.3) is 11.3 Å². The van der Waals surface area contributed by atoms with Crippen LogP contribution < -0.4 is 10.2 Å². The van der Waals surface area contributed by atoms with Gasteiger partial charge in [-0.1, -0.05) is 36.4 Å². The van der Waals surface area contributed by atoms with E-state index in [9.17, 15) is 4.79 Å². The SMILES string of the molecule is Cc1cccnc1NC(=O)C1CCCN(c2cc(-c3ccccc3)ncn2)C1. The van der Waals surface area contributed by atoms with Crippen LogP contribution >= 0.6 is 0 Å². The van der Waals surface area contributed by atoms with Crippen molar-refractivity contribution in [3.05, 3.63) is 66.6 Å². The van der Waals surface area contributed by atoms with Crippen LogP contribution in [0.15, 0.2) is 61.1 Å². The zero-order chi connectivity index (χ0) is 19.3. The molecule has 1 saturated heterocycles. The number of aryl methyl sites for hydroxylation is 1. The fourth-order valence-corrected chi connectivity index (χ4v) is 3.52. The van der Waals surface area contributed by atoms with Crippen LogP contribution in [0.2, 0.25) is 0 Å². The summed E-state index contributed by atoms with van der Waals surface area (Å²) >= 11 is 0. The third-order valence-electron chi connectivity index (χ3n) is 5.09. The highest BCUT2D eigenvalue weighted by Crippen LogP contribution is 2.25. The van der Waals surface area contributed by atoms with Crippen LogP contribution in [-0.4, -0.2) is 33.9 Å². The van der Waals surface area contributed by atoms with Gasteiger partial charge in [-0.05, 0) is 31.4 Å².